The van der Waals surface area contributed by atoms with E-state index in [1.165, 1.54) is 5.56 Å². The molecular formula is C16H20N2O. The van der Waals surface area contributed by atoms with Gasteiger partial charge in [-0.15, -0.1) is 0 Å². The molecule has 2 fully saturated rings. The van der Waals surface area contributed by atoms with Gasteiger partial charge in [-0.1, -0.05) is 30.3 Å². The molecule has 1 aromatic rings. The predicted octanol–water partition coefficient (Wildman–Crippen LogP) is 2.44. The number of nitrogens with zero attached hydrogens (tertiary/aromatic N) is 2. The minimum atomic E-state index is 0.167. The average molecular weight is 256 g/mol. The van der Waals surface area contributed by atoms with Crippen LogP contribution in [0.1, 0.15) is 18.4 Å². The Kier molecular flexibility index (Phi) is 3.54. The van der Waals surface area contributed by atoms with E-state index < -0.39 is 0 Å². The van der Waals surface area contributed by atoms with Crippen LogP contribution in [0.15, 0.2) is 30.3 Å². The maximum atomic E-state index is 9.45. The summed E-state index contributed by atoms with van der Waals surface area (Å²) in [5.74, 6) is 0.167. The van der Waals surface area contributed by atoms with Crippen molar-refractivity contribution in [1.29, 1.82) is 5.26 Å². The lowest BCUT2D eigenvalue weighted by molar-refractivity contribution is 0.00838. The highest BCUT2D eigenvalue weighted by atomic mass is 16.5. The summed E-state index contributed by atoms with van der Waals surface area (Å²) in [6.07, 6.45) is 2.08. The normalized spacial score (nSPS) is 26.4. The Balaban J connectivity index is 1.71. The van der Waals surface area contributed by atoms with Gasteiger partial charge >= 0.3 is 0 Å². The van der Waals surface area contributed by atoms with Crippen LogP contribution < -0.4 is 0 Å². The summed E-state index contributed by atoms with van der Waals surface area (Å²) in [4.78, 5) is 2.44. The third-order valence-electron chi connectivity index (χ3n) is 4.61. The molecule has 0 unspecified atom stereocenters. The van der Waals surface area contributed by atoms with Crippen LogP contribution in [0.4, 0.5) is 0 Å². The monoisotopic (exact) mass is 256 g/mol. The number of likely N-dealkylation sites (tertiary alicyclic amines) is 1. The summed E-state index contributed by atoms with van der Waals surface area (Å²) in [6.45, 7) is 4.55. The second-order valence-electron chi connectivity index (χ2n) is 5.81. The highest BCUT2D eigenvalue weighted by molar-refractivity contribution is 5.16. The van der Waals surface area contributed by atoms with Gasteiger partial charge in [0.2, 0.25) is 0 Å². The molecule has 2 aliphatic rings. The van der Waals surface area contributed by atoms with Crippen LogP contribution in [0.25, 0.3) is 0 Å². The molecule has 0 aromatic heterocycles. The molecule has 0 amide bonds. The minimum Gasteiger partial charge on any atom is -0.381 e. The van der Waals surface area contributed by atoms with Crippen molar-refractivity contribution in [3.63, 3.8) is 0 Å². The molecular weight excluding hydrogens is 236 g/mol. The zero-order chi connectivity index (χ0) is 13.1. The first-order chi connectivity index (χ1) is 9.32. The quantitative estimate of drug-likeness (QED) is 0.815. The molecule has 100 valence electrons. The van der Waals surface area contributed by atoms with Gasteiger partial charge in [-0.25, -0.2) is 0 Å². The van der Waals surface area contributed by atoms with E-state index in [0.29, 0.717) is 0 Å². The summed E-state index contributed by atoms with van der Waals surface area (Å²) in [7, 11) is 0. The van der Waals surface area contributed by atoms with E-state index in [0.717, 1.165) is 45.7 Å². The highest BCUT2D eigenvalue weighted by Gasteiger charge is 2.47. The Labute approximate surface area is 114 Å². The van der Waals surface area contributed by atoms with Crippen LogP contribution in [0.3, 0.4) is 0 Å². The van der Waals surface area contributed by atoms with Crippen molar-refractivity contribution in [2.24, 2.45) is 11.3 Å². The number of hydrogen-bond acceptors (Lipinski definition) is 3. The van der Waals surface area contributed by atoms with Crippen molar-refractivity contribution in [1.82, 2.24) is 4.90 Å². The van der Waals surface area contributed by atoms with E-state index in [2.05, 4.69) is 35.2 Å². The van der Waals surface area contributed by atoms with E-state index in [-0.39, 0.29) is 11.3 Å². The van der Waals surface area contributed by atoms with Crippen molar-refractivity contribution in [2.75, 3.05) is 26.3 Å². The standard InChI is InChI=1S/C16H20N2O/c17-10-15-12-18(11-14-4-2-1-3-5-14)13-16(15)6-8-19-9-7-16/h1-5,15H,6-9,11-13H2/t15-/m1/s1. The fraction of sp³-hybridized carbons (Fsp3) is 0.562. The first-order valence-corrected chi connectivity index (χ1v) is 7.06. The molecule has 19 heavy (non-hydrogen) atoms. The lowest BCUT2D eigenvalue weighted by Crippen LogP contribution is -2.36. The van der Waals surface area contributed by atoms with E-state index in [1.807, 2.05) is 6.07 Å². The Morgan fingerprint density at radius 2 is 2.00 bits per heavy atom. The molecule has 2 aliphatic heterocycles. The smallest absolute Gasteiger partial charge is 0.0675 e. The van der Waals surface area contributed by atoms with Crippen molar-refractivity contribution < 1.29 is 4.74 Å². The van der Waals surface area contributed by atoms with Crippen molar-refractivity contribution in [3.05, 3.63) is 35.9 Å². The summed E-state index contributed by atoms with van der Waals surface area (Å²) in [5.41, 5.74) is 1.52. The SMILES string of the molecule is N#C[C@@H]1CN(Cc2ccccc2)CC12CCOCC2. The maximum absolute atomic E-state index is 9.45. The Hall–Kier alpha value is -1.37. The van der Waals surface area contributed by atoms with E-state index in [4.69, 9.17) is 4.74 Å². The summed E-state index contributed by atoms with van der Waals surface area (Å²) >= 11 is 0. The molecule has 1 spiro atoms. The van der Waals surface area contributed by atoms with Crippen LogP contribution in [0.5, 0.6) is 0 Å². The Morgan fingerprint density at radius 3 is 2.68 bits per heavy atom. The average Bonchev–Trinajstić information content (AvgIpc) is 2.78. The molecule has 0 aliphatic carbocycles. The van der Waals surface area contributed by atoms with Gasteiger partial charge in [0, 0.05) is 38.3 Å². The van der Waals surface area contributed by atoms with E-state index in [9.17, 15) is 5.26 Å². The van der Waals surface area contributed by atoms with Crippen LogP contribution in [-0.4, -0.2) is 31.2 Å². The molecule has 0 N–H and O–H groups in total. The molecule has 0 saturated carbocycles. The molecule has 3 rings (SSSR count). The predicted molar refractivity (Wildman–Crippen MR) is 73.3 cm³/mol. The van der Waals surface area contributed by atoms with Crippen LogP contribution >= 0.6 is 0 Å². The maximum Gasteiger partial charge on any atom is 0.0675 e. The van der Waals surface area contributed by atoms with Gasteiger partial charge in [0.1, 0.15) is 0 Å². The Bertz CT molecular complexity index is 459. The topological polar surface area (TPSA) is 36.3 Å². The van der Waals surface area contributed by atoms with E-state index >= 15 is 0 Å². The number of ether oxygens (including phenoxy) is 1. The number of benzene rings is 1. The van der Waals surface area contributed by atoms with Crippen molar-refractivity contribution >= 4 is 0 Å². The molecule has 3 heteroatoms. The third-order valence-corrected chi connectivity index (χ3v) is 4.61. The van der Waals surface area contributed by atoms with Gasteiger partial charge in [0.05, 0.1) is 12.0 Å². The second kappa shape index (κ2) is 5.32. The van der Waals surface area contributed by atoms with Crippen LogP contribution in [-0.2, 0) is 11.3 Å². The lowest BCUT2D eigenvalue weighted by Gasteiger charge is -2.35. The fourth-order valence-electron chi connectivity index (χ4n) is 3.50. The molecule has 0 bridgehead atoms. The zero-order valence-corrected chi connectivity index (χ0v) is 11.2. The molecule has 2 heterocycles. The third kappa shape index (κ3) is 2.51. The zero-order valence-electron chi connectivity index (χ0n) is 11.2. The number of nitriles is 1. The first kappa shape index (κ1) is 12.7. The van der Waals surface area contributed by atoms with Crippen LogP contribution in [0, 0.1) is 22.7 Å². The van der Waals surface area contributed by atoms with Crippen LogP contribution in [0.2, 0.25) is 0 Å². The fourth-order valence-corrected chi connectivity index (χ4v) is 3.50. The van der Waals surface area contributed by atoms with E-state index in [1.54, 1.807) is 0 Å². The number of hydrogen-bond donors (Lipinski definition) is 0. The van der Waals surface area contributed by atoms with Gasteiger partial charge in [0.15, 0.2) is 0 Å². The molecule has 1 atom stereocenters. The molecule has 3 nitrogen and oxygen atoms in total. The summed E-state index contributed by atoms with van der Waals surface area (Å²) in [6, 6.07) is 13.1. The lowest BCUT2D eigenvalue weighted by atomic mass is 9.73. The first-order valence-electron chi connectivity index (χ1n) is 7.06. The Morgan fingerprint density at radius 1 is 1.26 bits per heavy atom. The molecule has 0 radical (unpaired) electrons. The highest BCUT2D eigenvalue weighted by Crippen LogP contribution is 2.44. The minimum absolute atomic E-state index is 0.167. The second-order valence-corrected chi connectivity index (χ2v) is 5.81. The van der Waals surface area contributed by atoms with Gasteiger partial charge in [-0.05, 0) is 18.4 Å². The van der Waals surface area contributed by atoms with Gasteiger partial charge in [0.25, 0.3) is 0 Å². The summed E-state index contributed by atoms with van der Waals surface area (Å²) < 4.78 is 5.47. The number of rotatable bonds is 2. The largest absolute Gasteiger partial charge is 0.381 e. The van der Waals surface area contributed by atoms with Gasteiger partial charge in [-0.2, -0.15) is 5.26 Å². The molecule has 1 aromatic carbocycles. The van der Waals surface area contributed by atoms with Gasteiger partial charge in [-0.3, -0.25) is 4.90 Å². The van der Waals surface area contributed by atoms with Crippen molar-refractivity contribution in [2.45, 2.75) is 19.4 Å². The van der Waals surface area contributed by atoms with Gasteiger partial charge < -0.3 is 4.74 Å². The summed E-state index contributed by atoms with van der Waals surface area (Å²) in [5, 5.41) is 9.45. The molecule has 2 saturated heterocycles. The van der Waals surface area contributed by atoms with Crippen molar-refractivity contribution in [3.8, 4) is 6.07 Å².